The van der Waals surface area contributed by atoms with Crippen molar-refractivity contribution >= 4 is 11.3 Å². The van der Waals surface area contributed by atoms with Gasteiger partial charge < -0.3 is 5.32 Å². The molecular weight excluding hydrogens is 374 g/mol. The monoisotopic (exact) mass is 409 g/mol. The first-order valence-electron chi connectivity index (χ1n) is 11.2. The second-order valence-corrected chi connectivity index (χ2v) is 8.74. The van der Waals surface area contributed by atoms with Gasteiger partial charge in [0.15, 0.2) is 0 Å². The van der Waals surface area contributed by atoms with E-state index in [1.165, 1.54) is 44.5 Å². The predicted molar refractivity (Wildman–Crippen MR) is 136 cm³/mol. The third-order valence-electron chi connectivity index (χ3n) is 6.13. The van der Waals surface area contributed by atoms with Crippen molar-refractivity contribution in [1.29, 1.82) is 0 Å². The number of hydrogen-bond donors (Lipinski definition) is 1. The largest absolute Gasteiger partial charge is 0.381 e. The molecule has 3 aromatic carbocycles. The summed E-state index contributed by atoms with van der Waals surface area (Å²) in [6.45, 7) is 16.0. The van der Waals surface area contributed by atoms with E-state index >= 15 is 0 Å². The van der Waals surface area contributed by atoms with E-state index in [4.69, 9.17) is 0 Å². The summed E-state index contributed by atoms with van der Waals surface area (Å²) >= 11 is 0. The fourth-order valence-electron chi connectivity index (χ4n) is 3.89. The molecule has 0 fully saturated rings. The van der Waals surface area contributed by atoms with Gasteiger partial charge in [0.05, 0.1) is 0 Å². The third kappa shape index (κ3) is 5.98. The van der Waals surface area contributed by atoms with E-state index in [0.29, 0.717) is 0 Å². The number of allylic oxidation sites excluding steroid dienone is 2. The lowest BCUT2D eigenvalue weighted by molar-refractivity contribution is 0.889. The summed E-state index contributed by atoms with van der Waals surface area (Å²) in [6, 6.07) is 24.1. The average molecular weight is 410 g/mol. The van der Waals surface area contributed by atoms with Crippen molar-refractivity contribution in [2.24, 2.45) is 0 Å². The van der Waals surface area contributed by atoms with E-state index in [9.17, 15) is 0 Å². The number of rotatable bonds is 8. The van der Waals surface area contributed by atoms with Crippen LogP contribution in [0.5, 0.6) is 0 Å². The number of hydrogen-bond acceptors (Lipinski definition) is 1. The van der Waals surface area contributed by atoms with Gasteiger partial charge in [-0.05, 0) is 92.5 Å². The van der Waals surface area contributed by atoms with Crippen molar-refractivity contribution in [2.45, 2.75) is 54.0 Å². The zero-order chi connectivity index (χ0) is 22.4. The number of nitrogens with one attached hydrogen (secondary N) is 1. The Hall–Kier alpha value is -3.06. The average Bonchev–Trinajstić information content (AvgIpc) is 2.76. The molecule has 0 saturated heterocycles. The Morgan fingerprint density at radius 2 is 1.55 bits per heavy atom. The molecule has 160 valence electrons. The van der Waals surface area contributed by atoms with E-state index < -0.39 is 0 Å². The molecule has 0 aromatic heterocycles. The SMILES string of the molecule is C=C(NCc1cccc(C)c1)c1ccc(CCc2ccccc2C)c(C(C)=C(C)C)c1. The van der Waals surface area contributed by atoms with Crippen LogP contribution in [0.3, 0.4) is 0 Å². The molecule has 1 nitrogen and oxygen atoms in total. The molecule has 1 N–H and O–H groups in total. The van der Waals surface area contributed by atoms with Crippen LogP contribution >= 0.6 is 0 Å². The molecule has 0 aliphatic heterocycles. The summed E-state index contributed by atoms with van der Waals surface area (Å²) in [4.78, 5) is 0. The van der Waals surface area contributed by atoms with Crippen LogP contribution in [0.1, 0.15) is 59.7 Å². The van der Waals surface area contributed by atoms with Gasteiger partial charge in [-0.2, -0.15) is 0 Å². The lowest BCUT2D eigenvalue weighted by atomic mass is 9.91. The van der Waals surface area contributed by atoms with Gasteiger partial charge in [-0.1, -0.05) is 78.4 Å². The Morgan fingerprint density at radius 1 is 0.806 bits per heavy atom. The zero-order valence-corrected chi connectivity index (χ0v) is 19.7. The van der Waals surface area contributed by atoms with E-state index in [0.717, 1.165) is 30.6 Å². The highest BCUT2D eigenvalue weighted by Crippen LogP contribution is 2.27. The van der Waals surface area contributed by atoms with Crippen LogP contribution in [0.15, 0.2) is 78.9 Å². The summed E-state index contributed by atoms with van der Waals surface area (Å²) in [6.07, 6.45) is 2.09. The van der Waals surface area contributed by atoms with Crippen LogP contribution in [0, 0.1) is 13.8 Å². The fraction of sp³-hybridized carbons (Fsp3) is 0.267. The molecule has 0 aliphatic carbocycles. The Morgan fingerprint density at radius 3 is 2.26 bits per heavy atom. The summed E-state index contributed by atoms with van der Waals surface area (Å²) in [7, 11) is 0. The standard InChI is InChI=1S/C30H35N/c1-21(2)24(5)30-19-29(25(6)31-20-26-12-9-10-22(3)18-26)17-16-28(30)15-14-27-13-8-7-11-23(27)4/h7-13,16-19,31H,6,14-15,20H2,1-5H3. The minimum Gasteiger partial charge on any atom is -0.381 e. The highest BCUT2D eigenvalue weighted by atomic mass is 14.9. The third-order valence-corrected chi connectivity index (χ3v) is 6.13. The van der Waals surface area contributed by atoms with Gasteiger partial charge in [0.1, 0.15) is 0 Å². The molecule has 0 spiro atoms. The summed E-state index contributed by atoms with van der Waals surface area (Å²) in [5.74, 6) is 0. The van der Waals surface area contributed by atoms with Crippen molar-refractivity contribution in [2.75, 3.05) is 0 Å². The molecule has 0 heterocycles. The highest BCUT2D eigenvalue weighted by molar-refractivity contribution is 5.73. The van der Waals surface area contributed by atoms with Crippen LogP contribution < -0.4 is 5.32 Å². The zero-order valence-electron chi connectivity index (χ0n) is 19.7. The van der Waals surface area contributed by atoms with Gasteiger partial charge in [-0.15, -0.1) is 0 Å². The van der Waals surface area contributed by atoms with Crippen LogP contribution in [0.4, 0.5) is 0 Å². The Kier molecular flexibility index (Phi) is 7.52. The Bertz CT molecular complexity index is 1100. The second kappa shape index (κ2) is 10.3. The Balaban J connectivity index is 1.81. The van der Waals surface area contributed by atoms with Gasteiger partial charge in [0.25, 0.3) is 0 Å². The van der Waals surface area contributed by atoms with Crippen molar-refractivity contribution in [1.82, 2.24) is 5.32 Å². The quantitative estimate of drug-likeness (QED) is 0.402. The molecular formula is C30H35N. The minimum atomic E-state index is 0.784. The maximum Gasteiger partial charge on any atom is 0.0400 e. The highest BCUT2D eigenvalue weighted by Gasteiger charge is 2.10. The minimum absolute atomic E-state index is 0.784. The Labute approximate surface area is 188 Å². The normalized spacial score (nSPS) is 10.6. The molecule has 0 radical (unpaired) electrons. The predicted octanol–water partition coefficient (Wildman–Crippen LogP) is 7.66. The first-order chi connectivity index (χ1) is 14.8. The first kappa shape index (κ1) is 22.6. The van der Waals surface area contributed by atoms with Crippen molar-refractivity contribution in [3.63, 3.8) is 0 Å². The number of aryl methyl sites for hydroxylation is 4. The lowest BCUT2D eigenvalue weighted by Gasteiger charge is -2.17. The van der Waals surface area contributed by atoms with Crippen LogP contribution in [-0.4, -0.2) is 0 Å². The lowest BCUT2D eigenvalue weighted by Crippen LogP contribution is -2.11. The van der Waals surface area contributed by atoms with E-state index in [1.54, 1.807) is 0 Å². The van der Waals surface area contributed by atoms with E-state index in [1.807, 2.05) is 0 Å². The summed E-state index contributed by atoms with van der Waals surface area (Å²) in [5.41, 5.74) is 12.9. The molecule has 1 heteroatoms. The van der Waals surface area contributed by atoms with Gasteiger partial charge in [-0.25, -0.2) is 0 Å². The fourth-order valence-corrected chi connectivity index (χ4v) is 3.89. The van der Waals surface area contributed by atoms with Gasteiger partial charge in [-0.3, -0.25) is 0 Å². The van der Waals surface area contributed by atoms with Crippen LogP contribution in [-0.2, 0) is 19.4 Å². The van der Waals surface area contributed by atoms with Gasteiger partial charge >= 0.3 is 0 Å². The summed E-state index contributed by atoms with van der Waals surface area (Å²) in [5, 5.41) is 3.51. The van der Waals surface area contributed by atoms with Crippen LogP contribution in [0.25, 0.3) is 11.3 Å². The molecule has 0 amide bonds. The first-order valence-corrected chi connectivity index (χ1v) is 11.2. The number of benzene rings is 3. The smallest absolute Gasteiger partial charge is 0.0400 e. The van der Waals surface area contributed by atoms with Crippen molar-refractivity contribution in [3.05, 3.63) is 118 Å². The van der Waals surface area contributed by atoms with Gasteiger partial charge in [0, 0.05) is 12.2 Å². The van der Waals surface area contributed by atoms with Crippen molar-refractivity contribution < 1.29 is 0 Å². The van der Waals surface area contributed by atoms with Crippen LogP contribution in [0.2, 0.25) is 0 Å². The maximum atomic E-state index is 4.32. The van der Waals surface area contributed by atoms with E-state index in [-0.39, 0.29) is 0 Å². The molecule has 3 rings (SSSR count). The molecule has 0 bridgehead atoms. The second-order valence-electron chi connectivity index (χ2n) is 8.74. The molecule has 0 aliphatic rings. The molecule has 0 saturated carbocycles. The topological polar surface area (TPSA) is 12.0 Å². The summed E-state index contributed by atoms with van der Waals surface area (Å²) < 4.78 is 0. The van der Waals surface area contributed by atoms with Crippen molar-refractivity contribution in [3.8, 4) is 0 Å². The van der Waals surface area contributed by atoms with E-state index in [2.05, 4.69) is 113 Å². The molecule has 0 unspecified atom stereocenters. The molecule has 31 heavy (non-hydrogen) atoms. The van der Waals surface area contributed by atoms with Gasteiger partial charge in [0.2, 0.25) is 0 Å². The molecule has 0 atom stereocenters. The molecule has 3 aromatic rings. The maximum absolute atomic E-state index is 4.32.